The minimum atomic E-state index is -0.667. The smallest absolute Gasteiger partial charge is 0.260 e. The summed E-state index contributed by atoms with van der Waals surface area (Å²) in [4.78, 5) is 11.8. The predicted molar refractivity (Wildman–Crippen MR) is 75.4 cm³/mol. The number of amides is 1. The van der Waals surface area contributed by atoms with E-state index in [0.717, 1.165) is 0 Å². The average molecular weight is 286 g/mol. The fourth-order valence-corrected chi connectivity index (χ4v) is 1.55. The number of hydrogen-bond acceptors (Lipinski definition) is 3. The van der Waals surface area contributed by atoms with Gasteiger partial charge in [-0.25, -0.2) is 0 Å². The zero-order valence-corrected chi connectivity index (χ0v) is 12.1. The Bertz CT molecular complexity index is 423. The van der Waals surface area contributed by atoms with Crippen molar-refractivity contribution >= 4 is 17.5 Å². The standard InChI is InChI=1S/C14H20ClNO3/c1-9(2)12(17)8-16-14(18)10(3)19-13-7-5-4-6-11(13)15/h4-7,9-10,12,17H,8H2,1-3H3,(H,16,18). The highest BCUT2D eigenvalue weighted by Crippen LogP contribution is 2.24. The second-order valence-electron chi connectivity index (χ2n) is 4.75. The van der Waals surface area contributed by atoms with Gasteiger partial charge >= 0.3 is 0 Å². The molecule has 4 nitrogen and oxygen atoms in total. The Labute approximate surface area is 118 Å². The Balaban J connectivity index is 2.47. The van der Waals surface area contributed by atoms with Gasteiger partial charge in [-0.2, -0.15) is 0 Å². The number of hydrogen-bond donors (Lipinski definition) is 2. The lowest BCUT2D eigenvalue weighted by Gasteiger charge is -2.18. The van der Waals surface area contributed by atoms with Crippen molar-refractivity contribution in [3.63, 3.8) is 0 Å². The van der Waals surface area contributed by atoms with E-state index >= 15 is 0 Å². The first-order chi connectivity index (χ1) is 8.91. The molecule has 0 saturated carbocycles. The maximum absolute atomic E-state index is 11.8. The van der Waals surface area contributed by atoms with E-state index in [1.54, 1.807) is 31.2 Å². The summed E-state index contributed by atoms with van der Waals surface area (Å²) in [6.07, 6.45) is -1.23. The molecule has 1 rings (SSSR count). The number of ether oxygens (including phenoxy) is 1. The van der Waals surface area contributed by atoms with Crippen LogP contribution in [0.3, 0.4) is 0 Å². The Morgan fingerprint density at radius 2 is 2.00 bits per heavy atom. The molecule has 1 amide bonds. The van der Waals surface area contributed by atoms with Crippen molar-refractivity contribution in [3.05, 3.63) is 29.3 Å². The van der Waals surface area contributed by atoms with Crippen LogP contribution in [0.25, 0.3) is 0 Å². The number of aliphatic hydroxyl groups is 1. The van der Waals surface area contributed by atoms with E-state index in [1.165, 1.54) is 0 Å². The molecule has 1 aromatic carbocycles. The predicted octanol–water partition coefficient (Wildman–Crippen LogP) is 2.24. The molecular weight excluding hydrogens is 266 g/mol. The number of carbonyl (C=O) groups is 1. The summed E-state index contributed by atoms with van der Waals surface area (Å²) < 4.78 is 5.47. The quantitative estimate of drug-likeness (QED) is 0.843. The third-order valence-electron chi connectivity index (χ3n) is 2.76. The Hall–Kier alpha value is -1.26. The molecule has 0 aliphatic heterocycles. The Morgan fingerprint density at radius 1 is 1.37 bits per heavy atom. The van der Waals surface area contributed by atoms with Gasteiger partial charge in [0.2, 0.25) is 0 Å². The lowest BCUT2D eigenvalue weighted by Crippen LogP contribution is -2.41. The van der Waals surface area contributed by atoms with Gasteiger partial charge in [-0.15, -0.1) is 0 Å². The van der Waals surface area contributed by atoms with Crippen molar-refractivity contribution in [2.24, 2.45) is 5.92 Å². The van der Waals surface area contributed by atoms with Crippen LogP contribution in [0.5, 0.6) is 5.75 Å². The maximum Gasteiger partial charge on any atom is 0.260 e. The highest BCUT2D eigenvalue weighted by Gasteiger charge is 2.17. The molecule has 0 spiro atoms. The first kappa shape index (κ1) is 15.8. The van der Waals surface area contributed by atoms with Crippen LogP contribution < -0.4 is 10.1 Å². The highest BCUT2D eigenvalue weighted by molar-refractivity contribution is 6.32. The zero-order valence-electron chi connectivity index (χ0n) is 11.4. The van der Waals surface area contributed by atoms with Crippen LogP contribution in [0, 0.1) is 5.92 Å². The third kappa shape index (κ3) is 5.09. The molecule has 0 saturated heterocycles. The van der Waals surface area contributed by atoms with Gasteiger partial charge in [0.25, 0.3) is 5.91 Å². The number of rotatable bonds is 6. The molecule has 5 heteroatoms. The Kier molecular flexibility index (Phi) is 6.12. The molecular formula is C14H20ClNO3. The number of para-hydroxylation sites is 1. The minimum absolute atomic E-state index is 0.0973. The number of halogens is 1. The highest BCUT2D eigenvalue weighted by atomic mass is 35.5. The number of carbonyl (C=O) groups excluding carboxylic acids is 1. The van der Waals surface area contributed by atoms with Gasteiger partial charge in [0.1, 0.15) is 5.75 Å². The van der Waals surface area contributed by atoms with Gasteiger partial charge in [-0.1, -0.05) is 37.6 Å². The summed E-state index contributed by atoms with van der Waals surface area (Å²) in [5.41, 5.74) is 0. The third-order valence-corrected chi connectivity index (χ3v) is 3.08. The molecule has 0 radical (unpaired) electrons. The fraction of sp³-hybridized carbons (Fsp3) is 0.500. The van der Waals surface area contributed by atoms with Crippen LogP contribution in [0.2, 0.25) is 5.02 Å². The molecule has 1 aromatic rings. The van der Waals surface area contributed by atoms with E-state index in [4.69, 9.17) is 16.3 Å². The average Bonchev–Trinajstić information content (AvgIpc) is 2.37. The molecule has 0 aliphatic carbocycles. The van der Waals surface area contributed by atoms with E-state index in [2.05, 4.69) is 5.32 Å². The molecule has 0 aromatic heterocycles. The normalized spacial score (nSPS) is 14.0. The first-order valence-corrected chi connectivity index (χ1v) is 6.66. The summed E-state index contributed by atoms with van der Waals surface area (Å²) in [6.45, 7) is 5.63. The van der Waals surface area contributed by atoms with E-state index in [0.29, 0.717) is 10.8 Å². The number of benzene rings is 1. The lowest BCUT2D eigenvalue weighted by atomic mass is 10.1. The molecule has 0 bridgehead atoms. The van der Waals surface area contributed by atoms with Gasteiger partial charge in [0.05, 0.1) is 11.1 Å². The van der Waals surface area contributed by atoms with Crippen molar-refractivity contribution in [2.75, 3.05) is 6.54 Å². The van der Waals surface area contributed by atoms with Gasteiger partial charge in [0.15, 0.2) is 6.10 Å². The second-order valence-corrected chi connectivity index (χ2v) is 5.15. The van der Waals surface area contributed by atoms with E-state index < -0.39 is 12.2 Å². The summed E-state index contributed by atoms with van der Waals surface area (Å²) in [7, 11) is 0. The van der Waals surface area contributed by atoms with Crippen LogP contribution in [0.1, 0.15) is 20.8 Å². The van der Waals surface area contributed by atoms with Crippen molar-refractivity contribution in [2.45, 2.75) is 33.0 Å². The van der Waals surface area contributed by atoms with Gasteiger partial charge in [-0.3, -0.25) is 4.79 Å². The van der Waals surface area contributed by atoms with Gasteiger partial charge < -0.3 is 15.2 Å². The SMILES string of the molecule is CC(Oc1ccccc1Cl)C(=O)NCC(O)C(C)C. The van der Waals surface area contributed by atoms with Crippen LogP contribution >= 0.6 is 11.6 Å². The van der Waals surface area contributed by atoms with E-state index in [-0.39, 0.29) is 18.4 Å². The molecule has 0 fully saturated rings. The fourth-order valence-electron chi connectivity index (χ4n) is 1.37. The molecule has 0 heterocycles. The van der Waals surface area contributed by atoms with E-state index in [1.807, 2.05) is 13.8 Å². The minimum Gasteiger partial charge on any atom is -0.479 e. The largest absolute Gasteiger partial charge is 0.479 e. The first-order valence-electron chi connectivity index (χ1n) is 6.28. The van der Waals surface area contributed by atoms with Crippen molar-refractivity contribution in [3.8, 4) is 5.75 Å². The summed E-state index contributed by atoms with van der Waals surface area (Å²) in [5.74, 6) is 0.288. The molecule has 2 unspecified atom stereocenters. The topological polar surface area (TPSA) is 58.6 Å². The summed E-state index contributed by atoms with van der Waals surface area (Å²) in [5, 5.41) is 12.7. The second kappa shape index (κ2) is 7.36. The van der Waals surface area contributed by atoms with Crippen LogP contribution in [0.15, 0.2) is 24.3 Å². The number of nitrogens with one attached hydrogen (secondary N) is 1. The van der Waals surface area contributed by atoms with Crippen molar-refractivity contribution in [1.29, 1.82) is 0 Å². The lowest BCUT2D eigenvalue weighted by molar-refractivity contribution is -0.127. The van der Waals surface area contributed by atoms with Crippen molar-refractivity contribution < 1.29 is 14.6 Å². The van der Waals surface area contributed by atoms with Crippen molar-refractivity contribution in [1.82, 2.24) is 5.32 Å². The summed E-state index contributed by atoms with van der Waals surface area (Å²) in [6, 6.07) is 6.98. The monoisotopic (exact) mass is 285 g/mol. The Morgan fingerprint density at radius 3 is 2.58 bits per heavy atom. The number of aliphatic hydroxyl groups excluding tert-OH is 1. The molecule has 2 N–H and O–H groups in total. The summed E-state index contributed by atoms with van der Waals surface area (Å²) >= 11 is 5.95. The van der Waals surface area contributed by atoms with Gasteiger partial charge in [0, 0.05) is 6.54 Å². The van der Waals surface area contributed by atoms with Crippen LogP contribution in [-0.4, -0.2) is 29.8 Å². The van der Waals surface area contributed by atoms with Crippen LogP contribution in [-0.2, 0) is 4.79 Å². The molecule has 106 valence electrons. The molecule has 0 aliphatic rings. The van der Waals surface area contributed by atoms with Crippen LogP contribution in [0.4, 0.5) is 0 Å². The van der Waals surface area contributed by atoms with Gasteiger partial charge in [-0.05, 0) is 25.0 Å². The zero-order chi connectivity index (χ0) is 14.4. The molecule has 19 heavy (non-hydrogen) atoms. The van der Waals surface area contributed by atoms with E-state index in [9.17, 15) is 9.90 Å². The molecule has 2 atom stereocenters. The maximum atomic E-state index is 11.8.